The predicted octanol–water partition coefficient (Wildman–Crippen LogP) is 3.81. The molecule has 1 aliphatic carbocycles. The van der Waals surface area contributed by atoms with Gasteiger partial charge in [-0.15, -0.1) is 0 Å². The fourth-order valence-corrected chi connectivity index (χ4v) is 3.85. The zero-order valence-electron chi connectivity index (χ0n) is 13.2. The molecule has 2 rings (SSSR count). The first-order valence-electron chi connectivity index (χ1n) is 8.78. The van der Waals surface area contributed by atoms with Crippen LogP contribution in [0, 0.1) is 5.92 Å². The number of unbranched alkanes of at least 4 members (excludes halogenated alkanes) is 1. The van der Waals surface area contributed by atoms with Crippen molar-refractivity contribution in [1.82, 2.24) is 10.2 Å². The summed E-state index contributed by atoms with van der Waals surface area (Å²) in [6.45, 7) is 8.67. The molecule has 112 valence electrons. The van der Waals surface area contributed by atoms with Gasteiger partial charge in [0.1, 0.15) is 0 Å². The number of likely N-dealkylation sites (tertiary alicyclic amines) is 1. The molecule has 1 atom stereocenters. The molecule has 1 saturated heterocycles. The number of hydrogen-bond acceptors (Lipinski definition) is 2. The molecule has 0 aromatic heterocycles. The van der Waals surface area contributed by atoms with Gasteiger partial charge in [0.15, 0.2) is 0 Å². The van der Waals surface area contributed by atoms with Crippen LogP contribution in [-0.4, -0.2) is 36.6 Å². The summed E-state index contributed by atoms with van der Waals surface area (Å²) >= 11 is 0. The minimum absolute atomic E-state index is 0.743. The molecule has 19 heavy (non-hydrogen) atoms. The molecule has 1 N–H and O–H groups in total. The van der Waals surface area contributed by atoms with Gasteiger partial charge >= 0.3 is 0 Å². The van der Waals surface area contributed by atoms with E-state index in [1.54, 1.807) is 0 Å². The van der Waals surface area contributed by atoms with Crippen LogP contribution in [0.25, 0.3) is 0 Å². The zero-order valence-corrected chi connectivity index (χ0v) is 13.2. The first kappa shape index (κ1) is 15.3. The third-order valence-corrected chi connectivity index (χ3v) is 5.27. The van der Waals surface area contributed by atoms with Gasteiger partial charge < -0.3 is 10.2 Å². The average Bonchev–Trinajstić information content (AvgIpc) is 2.47. The van der Waals surface area contributed by atoms with Gasteiger partial charge in [-0.1, -0.05) is 32.6 Å². The summed E-state index contributed by atoms with van der Waals surface area (Å²) in [7, 11) is 0. The van der Waals surface area contributed by atoms with E-state index in [0.29, 0.717) is 0 Å². The second-order valence-corrected chi connectivity index (χ2v) is 6.82. The van der Waals surface area contributed by atoms with Crippen LogP contribution in [0.3, 0.4) is 0 Å². The molecule has 0 bridgehead atoms. The Morgan fingerprint density at radius 1 is 1.05 bits per heavy atom. The van der Waals surface area contributed by atoms with Gasteiger partial charge in [0.2, 0.25) is 0 Å². The SMILES string of the molecule is CCCCN1CCC(NC(C)C2CCCCC2)CC1. The van der Waals surface area contributed by atoms with Crippen molar-refractivity contribution in [2.45, 2.75) is 83.7 Å². The van der Waals surface area contributed by atoms with Crippen LogP contribution in [-0.2, 0) is 0 Å². The fraction of sp³-hybridized carbons (Fsp3) is 1.00. The number of rotatable bonds is 6. The molecule has 2 fully saturated rings. The van der Waals surface area contributed by atoms with Crippen molar-refractivity contribution >= 4 is 0 Å². The number of hydrogen-bond donors (Lipinski definition) is 1. The predicted molar refractivity (Wildman–Crippen MR) is 83.5 cm³/mol. The van der Waals surface area contributed by atoms with Gasteiger partial charge in [-0.25, -0.2) is 0 Å². The van der Waals surface area contributed by atoms with E-state index in [-0.39, 0.29) is 0 Å². The number of nitrogens with one attached hydrogen (secondary N) is 1. The van der Waals surface area contributed by atoms with Crippen molar-refractivity contribution in [1.29, 1.82) is 0 Å². The minimum atomic E-state index is 0.743. The smallest absolute Gasteiger partial charge is 0.00940 e. The quantitative estimate of drug-likeness (QED) is 0.786. The third kappa shape index (κ3) is 5.07. The molecule has 0 aromatic rings. The highest BCUT2D eigenvalue weighted by Crippen LogP contribution is 2.27. The topological polar surface area (TPSA) is 15.3 Å². The first-order chi connectivity index (χ1) is 9.29. The number of piperidine rings is 1. The molecule has 1 saturated carbocycles. The highest BCUT2D eigenvalue weighted by Gasteiger charge is 2.24. The second kappa shape index (κ2) is 8.26. The summed E-state index contributed by atoms with van der Waals surface area (Å²) < 4.78 is 0. The molecule has 0 amide bonds. The molecule has 1 aliphatic heterocycles. The van der Waals surface area contributed by atoms with Crippen molar-refractivity contribution in [3.05, 3.63) is 0 Å². The Kier molecular flexibility index (Phi) is 6.66. The monoisotopic (exact) mass is 266 g/mol. The van der Waals surface area contributed by atoms with Gasteiger partial charge in [-0.2, -0.15) is 0 Å². The van der Waals surface area contributed by atoms with Crippen LogP contribution in [0.1, 0.15) is 71.6 Å². The summed E-state index contributed by atoms with van der Waals surface area (Å²) in [5.41, 5.74) is 0. The molecule has 0 radical (unpaired) electrons. The van der Waals surface area contributed by atoms with Crippen molar-refractivity contribution < 1.29 is 0 Å². The van der Waals surface area contributed by atoms with E-state index in [1.807, 2.05) is 0 Å². The molecule has 0 aromatic carbocycles. The molecule has 2 aliphatic rings. The highest BCUT2D eigenvalue weighted by molar-refractivity contribution is 4.83. The van der Waals surface area contributed by atoms with E-state index in [9.17, 15) is 0 Å². The maximum absolute atomic E-state index is 3.94. The van der Waals surface area contributed by atoms with Crippen LogP contribution in [0.15, 0.2) is 0 Å². The van der Waals surface area contributed by atoms with Crippen molar-refractivity contribution in [2.24, 2.45) is 5.92 Å². The minimum Gasteiger partial charge on any atom is -0.311 e. The van der Waals surface area contributed by atoms with E-state index >= 15 is 0 Å². The van der Waals surface area contributed by atoms with Crippen molar-refractivity contribution in [3.63, 3.8) is 0 Å². The van der Waals surface area contributed by atoms with Crippen LogP contribution in [0.4, 0.5) is 0 Å². The van der Waals surface area contributed by atoms with Crippen molar-refractivity contribution in [2.75, 3.05) is 19.6 Å². The van der Waals surface area contributed by atoms with E-state index < -0.39 is 0 Å². The largest absolute Gasteiger partial charge is 0.311 e. The second-order valence-electron chi connectivity index (χ2n) is 6.82. The molecule has 1 unspecified atom stereocenters. The third-order valence-electron chi connectivity index (χ3n) is 5.27. The summed E-state index contributed by atoms with van der Waals surface area (Å²) in [6, 6.07) is 1.53. The lowest BCUT2D eigenvalue weighted by atomic mass is 9.84. The lowest BCUT2D eigenvalue weighted by Gasteiger charge is -2.36. The molecule has 0 spiro atoms. The standard InChI is InChI=1S/C17H34N2/c1-3-4-12-19-13-10-17(11-14-19)18-15(2)16-8-6-5-7-9-16/h15-18H,3-14H2,1-2H3. The van der Waals surface area contributed by atoms with Crippen LogP contribution < -0.4 is 5.32 Å². The van der Waals surface area contributed by atoms with Gasteiger partial charge in [0.05, 0.1) is 0 Å². The Balaban J connectivity index is 1.64. The molecule has 2 nitrogen and oxygen atoms in total. The van der Waals surface area contributed by atoms with Gasteiger partial charge in [-0.3, -0.25) is 0 Å². The Hall–Kier alpha value is -0.0800. The number of nitrogens with zero attached hydrogens (tertiary/aromatic N) is 1. The highest BCUT2D eigenvalue weighted by atomic mass is 15.1. The normalized spacial score (nSPS) is 25.6. The molecule has 1 heterocycles. The summed E-state index contributed by atoms with van der Waals surface area (Å²) in [5, 5.41) is 3.94. The van der Waals surface area contributed by atoms with Crippen LogP contribution in [0.5, 0.6) is 0 Å². The summed E-state index contributed by atoms with van der Waals surface area (Å²) in [6.07, 6.45) is 12.7. The lowest BCUT2D eigenvalue weighted by Crippen LogP contribution is -2.47. The summed E-state index contributed by atoms with van der Waals surface area (Å²) in [4.78, 5) is 2.66. The van der Waals surface area contributed by atoms with E-state index in [2.05, 4.69) is 24.1 Å². The maximum atomic E-state index is 3.94. The fourth-order valence-electron chi connectivity index (χ4n) is 3.85. The lowest BCUT2D eigenvalue weighted by molar-refractivity contribution is 0.174. The van der Waals surface area contributed by atoms with E-state index in [1.165, 1.54) is 77.4 Å². The zero-order chi connectivity index (χ0) is 13.5. The Morgan fingerprint density at radius 3 is 2.37 bits per heavy atom. The summed E-state index contributed by atoms with van der Waals surface area (Å²) in [5.74, 6) is 0.951. The van der Waals surface area contributed by atoms with Gasteiger partial charge in [0.25, 0.3) is 0 Å². The first-order valence-corrected chi connectivity index (χ1v) is 8.78. The maximum Gasteiger partial charge on any atom is 0.00940 e. The molecular weight excluding hydrogens is 232 g/mol. The Morgan fingerprint density at radius 2 is 1.74 bits per heavy atom. The Labute approximate surface area is 120 Å². The van der Waals surface area contributed by atoms with Gasteiger partial charge in [0, 0.05) is 12.1 Å². The van der Waals surface area contributed by atoms with E-state index in [4.69, 9.17) is 0 Å². The van der Waals surface area contributed by atoms with Crippen molar-refractivity contribution in [3.8, 4) is 0 Å². The van der Waals surface area contributed by atoms with Crippen LogP contribution in [0.2, 0.25) is 0 Å². The Bertz CT molecular complexity index is 227. The van der Waals surface area contributed by atoms with E-state index in [0.717, 1.165) is 18.0 Å². The van der Waals surface area contributed by atoms with Gasteiger partial charge in [-0.05, 0) is 64.6 Å². The molecular formula is C17H34N2. The average molecular weight is 266 g/mol. The van der Waals surface area contributed by atoms with Crippen LogP contribution >= 0.6 is 0 Å². The molecule has 2 heteroatoms.